The van der Waals surface area contributed by atoms with E-state index in [9.17, 15) is 9.59 Å². The van der Waals surface area contributed by atoms with Gasteiger partial charge >= 0.3 is 11.9 Å². The van der Waals surface area contributed by atoms with Crippen molar-refractivity contribution >= 4 is 11.9 Å². The molecule has 0 aromatic carbocycles. The van der Waals surface area contributed by atoms with Crippen molar-refractivity contribution in [3.05, 3.63) is 0 Å². The van der Waals surface area contributed by atoms with Crippen molar-refractivity contribution in [1.82, 2.24) is 5.32 Å². The van der Waals surface area contributed by atoms with Gasteiger partial charge in [0.2, 0.25) is 0 Å². The van der Waals surface area contributed by atoms with Crippen LogP contribution in [-0.2, 0) is 9.59 Å². The molecule has 5 heteroatoms. The summed E-state index contributed by atoms with van der Waals surface area (Å²) in [4.78, 5) is 21.1. The SMILES string of the molecule is C[C@@]1(C(=O)O)CC[C@@H](CC(=O)O)N1. The highest BCUT2D eigenvalue weighted by atomic mass is 16.4. The van der Waals surface area contributed by atoms with Crippen molar-refractivity contribution in [2.24, 2.45) is 0 Å². The Kier molecular flexibility index (Phi) is 2.56. The third kappa shape index (κ3) is 2.18. The molecule has 3 N–H and O–H groups in total. The van der Waals surface area contributed by atoms with E-state index < -0.39 is 17.5 Å². The summed E-state index contributed by atoms with van der Waals surface area (Å²) in [7, 11) is 0. The normalized spacial score (nSPS) is 33.2. The van der Waals surface area contributed by atoms with Gasteiger partial charge in [0, 0.05) is 6.04 Å². The molecule has 5 nitrogen and oxygen atoms in total. The topological polar surface area (TPSA) is 86.6 Å². The zero-order chi connectivity index (χ0) is 10.1. The molecule has 2 atom stereocenters. The first-order chi connectivity index (χ1) is 5.94. The Bertz CT molecular complexity index is 240. The molecule has 1 aliphatic rings. The standard InChI is InChI=1S/C8H13NO4/c1-8(7(12)13)3-2-5(9-8)4-6(10)11/h5,9H,2-4H2,1H3,(H,10,11)(H,12,13)/t5-,8-/m0/s1. The first kappa shape index (κ1) is 9.98. The highest BCUT2D eigenvalue weighted by Crippen LogP contribution is 2.24. The number of carboxylic acids is 2. The van der Waals surface area contributed by atoms with Crippen LogP contribution in [0.2, 0.25) is 0 Å². The molecule has 13 heavy (non-hydrogen) atoms. The van der Waals surface area contributed by atoms with Crippen LogP contribution < -0.4 is 5.32 Å². The summed E-state index contributed by atoms with van der Waals surface area (Å²) in [6, 6.07) is -0.210. The second kappa shape index (κ2) is 3.33. The second-order valence-electron chi connectivity index (χ2n) is 3.62. The summed E-state index contributed by atoms with van der Waals surface area (Å²) in [5, 5.41) is 20.1. The summed E-state index contributed by atoms with van der Waals surface area (Å²) in [6.45, 7) is 1.58. The van der Waals surface area contributed by atoms with Gasteiger partial charge in [-0.25, -0.2) is 0 Å². The number of carbonyl (C=O) groups is 2. The third-order valence-electron chi connectivity index (χ3n) is 2.41. The average Bonchev–Trinajstić information content (AvgIpc) is 2.32. The molecule has 1 saturated heterocycles. The van der Waals surface area contributed by atoms with Gasteiger partial charge in [-0.1, -0.05) is 0 Å². The molecule has 0 aromatic rings. The monoisotopic (exact) mass is 187 g/mol. The maximum Gasteiger partial charge on any atom is 0.323 e. The van der Waals surface area contributed by atoms with E-state index in [0.717, 1.165) is 0 Å². The largest absolute Gasteiger partial charge is 0.481 e. The maximum atomic E-state index is 10.7. The molecule has 0 aromatic heterocycles. The smallest absolute Gasteiger partial charge is 0.323 e. The predicted octanol–water partition coefficient (Wildman–Crippen LogP) is 0.0564. The molecule has 1 fully saturated rings. The van der Waals surface area contributed by atoms with E-state index in [0.29, 0.717) is 12.8 Å². The molecule has 1 heterocycles. The molecule has 1 rings (SSSR count). The van der Waals surface area contributed by atoms with Gasteiger partial charge in [-0.3, -0.25) is 14.9 Å². The molecular formula is C8H13NO4. The van der Waals surface area contributed by atoms with Crippen LogP contribution in [0.15, 0.2) is 0 Å². The van der Waals surface area contributed by atoms with Crippen LogP contribution in [0.25, 0.3) is 0 Å². The Hall–Kier alpha value is -1.10. The van der Waals surface area contributed by atoms with Gasteiger partial charge in [-0.15, -0.1) is 0 Å². The fraction of sp³-hybridized carbons (Fsp3) is 0.750. The lowest BCUT2D eigenvalue weighted by atomic mass is 10.0. The first-order valence-corrected chi connectivity index (χ1v) is 4.17. The quantitative estimate of drug-likeness (QED) is 0.581. The molecule has 1 aliphatic heterocycles. The molecule has 0 spiro atoms. The second-order valence-corrected chi connectivity index (χ2v) is 3.62. The molecular weight excluding hydrogens is 174 g/mol. The number of hydrogen-bond acceptors (Lipinski definition) is 3. The van der Waals surface area contributed by atoms with E-state index in [4.69, 9.17) is 10.2 Å². The summed E-state index contributed by atoms with van der Waals surface area (Å²) >= 11 is 0. The predicted molar refractivity (Wildman–Crippen MR) is 44.5 cm³/mol. The van der Waals surface area contributed by atoms with Crippen LogP contribution in [0.4, 0.5) is 0 Å². The molecule has 0 unspecified atom stereocenters. The zero-order valence-corrected chi connectivity index (χ0v) is 7.41. The minimum absolute atomic E-state index is 0.0110. The summed E-state index contributed by atoms with van der Waals surface area (Å²) in [5.74, 6) is -1.81. The Balaban J connectivity index is 2.53. The van der Waals surface area contributed by atoms with Gasteiger partial charge in [-0.05, 0) is 19.8 Å². The molecule has 74 valence electrons. The maximum absolute atomic E-state index is 10.7. The molecule has 0 bridgehead atoms. The van der Waals surface area contributed by atoms with E-state index >= 15 is 0 Å². The van der Waals surface area contributed by atoms with Crippen molar-refractivity contribution < 1.29 is 19.8 Å². The lowest BCUT2D eigenvalue weighted by Gasteiger charge is -2.19. The van der Waals surface area contributed by atoms with Gasteiger partial charge < -0.3 is 10.2 Å². The van der Waals surface area contributed by atoms with Crippen LogP contribution in [0.1, 0.15) is 26.2 Å². The fourth-order valence-corrected chi connectivity index (χ4v) is 1.59. The molecule has 0 aliphatic carbocycles. The molecule has 0 amide bonds. The number of rotatable bonds is 3. The van der Waals surface area contributed by atoms with Crippen LogP contribution >= 0.6 is 0 Å². The van der Waals surface area contributed by atoms with E-state index in [-0.39, 0.29) is 12.5 Å². The number of nitrogens with one attached hydrogen (secondary N) is 1. The number of aliphatic carboxylic acids is 2. The van der Waals surface area contributed by atoms with Crippen molar-refractivity contribution in [1.29, 1.82) is 0 Å². The van der Waals surface area contributed by atoms with Gasteiger partial charge in [0.05, 0.1) is 6.42 Å². The number of hydrogen-bond donors (Lipinski definition) is 3. The Labute approximate surface area is 75.7 Å². The summed E-state index contributed by atoms with van der Waals surface area (Å²) < 4.78 is 0. The van der Waals surface area contributed by atoms with Gasteiger partial charge in [0.15, 0.2) is 0 Å². The Morgan fingerprint density at radius 3 is 2.54 bits per heavy atom. The third-order valence-corrected chi connectivity index (χ3v) is 2.41. The van der Waals surface area contributed by atoms with Crippen LogP contribution in [0.3, 0.4) is 0 Å². The van der Waals surface area contributed by atoms with Crippen LogP contribution in [-0.4, -0.2) is 33.7 Å². The summed E-state index contributed by atoms with van der Waals surface area (Å²) in [6.07, 6.45) is 1.08. The summed E-state index contributed by atoms with van der Waals surface area (Å²) in [5.41, 5.74) is -0.944. The fourth-order valence-electron chi connectivity index (χ4n) is 1.59. The minimum Gasteiger partial charge on any atom is -0.481 e. The van der Waals surface area contributed by atoms with E-state index in [2.05, 4.69) is 5.32 Å². The van der Waals surface area contributed by atoms with Gasteiger partial charge in [0.25, 0.3) is 0 Å². The van der Waals surface area contributed by atoms with Gasteiger partial charge in [0.1, 0.15) is 5.54 Å². The highest BCUT2D eigenvalue weighted by Gasteiger charge is 2.41. The zero-order valence-electron chi connectivity index (χ0n) is 7.41. The van der Waals surface area contributed by atoms with Crippen molar-refractivity contribution in [2.75, 3.05) is 0 Å². The first-order valence-electron chi connectivity index (χ1n) is 4.17. The number of carboxylic acid groups (broad SMARTS) is 2. The van der Waals surface area contributed by atoms with Crippen LogP contribution in [0.5, 0.6) is 0 Å². The molecule has 0 saturated carbocycles. The molecule has 0 radical (unpaired) electrons. The van der Waals surface area contributed by atoms with E-state index in [1.807, 2.05) is 0 Å². The van der Waals surface area contributed by atoms with Crippen molar-refractivity contribution in [3.8, 4) is 0 Å². The average molecular weight is 187 g/mol. The Morgan fingerprint density at radius 2 is 2.15 bits per heavy atom. The van der Waals surface area contributed by atoms with Crippen molar-refractivity contribution in [3.63, 3.8) is 0 Å². The Morgan fingerprint density at radius 1 is 1.54 bits per heavy atom. The lowest BCUT2D eigenvalue weighted by molar-refractivity contribution is -0.144. The minimum atomic E-state index is -0.944. The highest BCUT2D eigenvalue weighted by molar-refractivity contribution is 5.79. The van der Waals surface area contributed by atoms with E-state index in [1.54, 1.807) is 6.92 Å². The lowest BCUT2D eigenvalue weighted by Crippen LogP contribution is -2.47. The van der Waals surface area contributed by atoms with Crippen LogP contribution in [0, 0.1) is 0 Å². The van der Waals surface area contributed by atoms with E-state index in [1.165, 1.54) is 0 Å². The van der Waals surface area contributed by atoms with Crippen molar-refractivity contribution in [2.45, 2.75) is 37.8 Å². The van der Waals surface area contributed by atoms with Gasteiger partial charge in [-0.2, -0.15) is 0 Å².